The van der Waals surface area contributed by atoms with Gasteiger partial charge in [0.2, 0.25) is 0 Å². The van der Waals surface area contributed by atoms with Crippen molar-refractivity contribution in [2.45, 2.75) is 105 Å². The molecule has 0 heterocycles. The third-order valence-electron chi connectivity index (χ3n) is 6.77. The lowest BCUT2D eigenvalue weighted by Gasteiger charge is -2.36. The topological polar surface area (TPSA) is 63.6 Å². The number of rotatable bonds is 7. The molecule has 0 radical (unpaired) electrons. The van der Waals surface area contributed by atoms with E-state index in [0.29, 0.717) is 30.6 Å². The fourth-order valence-electron chi connectivity index (χ4n) is 5.54. The first-order valence-corrected chi connectivity index (χ1v) is 11.5. The third-order valence-corrected chi connectivity index (χ3v) is 6.77. The van der Waals surface area contributed by atoms with Gasteiger partial charge in [-0.1, -0.05) is 53.9 Å². The lowest BCUT2D eigenvalue weighted by atomic mass is 9.74. The Kier molecular flexibility index (Phi) is 8.39. The molecule has 4 nitrogen and oxygen atoms in total. The molecule has 4 heteroatoms. The molecule has 2 saturated carbocycles. The van der Waals surface area contributed by atoms with Crippen molar-refractivity contribution in [3.63, 3.8) is 0 Å². The zero-order valence-electron chi connectivity index (χ0n) is 18.7. The van der Waals surface area contributed by atoms with E-state index in [9.17, 15) is 14.7 Å². The maximum atomic E-state index is 13.1. The van der Waals surface area contributed by atoms with Gasteiger partial charge in [0, 0.05) is 0 Å². The van der Waals surface area contributed by atoms with Crippen molar-refractivity contribution in [2.75, 3.05) is 0 Å². The van der Waals surface area contributed by atoms with Crippen LogP contribution in [0, 0.1) is 35.0 Å². The van der Waals surface area contributed by atoms with Gasteiger partial charge in [-0.15, -0.1) is 0 Å². The molecule has 2 rings (SSSR count). The summed E-state index contributed by atoms with van der Waals surface area (Å²) in [5.41, 5.74) is 0.258. The molecule has 2 aliphatic rings. The van der Waals surface area contributed by atoms with Crippen molar-refractivity contribution in [2.24, 2.45) is 35.0 Å². The molecular weight excluding hydrogens is 352 g/mol. The molecule has 0 spiro atoms. The van der Waals surface area contributed by atoms with Gasteiger partial charge >= 0.3 is 11.9 Å². The Labute approximate surface area is 171 Å². The molecule has 2 aliphatic carbocycles. The predicted octanol–water partition coefficient (Wildman–Crippen LogP) is 6.08. The van der Waals surface area contributed by atoms with Crippen LogP contribution in [0.25, 0.3) is 0 Å². The van der Waals surface area contributed by atoms with E-state index < -0.39 is 17.8 Å². The van der Waals surface area contributed by atoms with E-state index in [1.54, 1.807) is 0 Å². The molecule has 0 aromatic heterocycles. The molecule has 2 fully saturated rings. The molecule has 0 saturated heterocycles. The Bertz CT molecular complexity index is 515. The first-order chi connectivity index (χ1) is 13.1. The van der Waals surface area contributed by atoms with E-state index in [-0.39, 0.29) is 17.5 Å². The second-order valence-corrected chi connectivity index (χ2v) is 10.9. The monoisotopic (exact) mass is 394 g/mol. The summed E-state index contributed by atoms with van der Waals surface area (Å²) in [7, 11) is 0. The highest BCUT2D eigenvalue weighted by Crippen LogP contribution is 2.38. The van der Waals surface area contributed by atoms with Crippen molar-refractivity contribution in [3.05, 3.63) is 0 Å². The summed E-state index contributed by atoms with van der Waals surface area (Å²) >= 11 is 0. The van der Waals surface area contributed by atoms with Gasteiger partial charge in [-0.2, -0.15) is 0 Å². The number of carboxylic acids is 1. The Morgan fingerprint density at radius 3 is 2.25 bits per heavy atom. The summed E-state index contributed by atoms with van der Waals surface area (Å²) in [6.45, 7) is 11.1. The molecule has 0 aliphatic heterocycles. The summed E-state index contributed by atoms with van der Waals surface area (Å²) in [6, 6.07) is 0. The van der Waals surface area contributed by atoms with Crippen molar-refractivity contribution < 1.29 is 19.4 Å². The van der Waals surface area contributed by atoms with Crippen LogP contribution in [0.2, 0.25) is 0 Å². The normalized spacial score (nSPS) is 29.1. The van der Waals surface area contributed by atoms with Crippen LogP contribution in [0.3, 0.4) is 0 Å². The third kappa shape index (κ3) is 7.08. The van der Waals surface area contributed by atoms with E-state index in [1.165, 1.54) is 19.3 Å². The van der Waals surface area contributed by atoms with E-state index >= 15 is 0 Å². The average molecular weight is 395 g/mol. The van der Waals surface area contributed by atoms with Crippen molar-refractivity contribution >= 4 is 11.9 Å². The second kappa shape index (κ2) is 10.1. The minimum atomic E-state index is -0.844. The summed E-state index contributed by atoms with van der Waals surface area (Å²) < 4.78 is 6.13. The fourth-order valence-corrected chi connectivity index (χ4v) is 5.54. The van der Waals surface area contributed by atoms with Crippen molar-refractivity contribution in [1.29, 1.82) is 0 Å². The van der Waals surface area contributed by atoms with Crippen LogP contribution in [0.15, 0.2) is 0 Å². The zero-order chi connectivity index (χ0) is 20.9. The van der Waals surface area contributed by atoms with Gasteiger partial charge in [0.1, 0.15) is 6.10 Å². The average Bonchev–Trinajstić information content (AvgIpc) is 2.60. The van der Waals surface area contributed by atoms with Gasteiger partial charge in [-0.05, 0) is 68.1 Å². The SMILES string of the molecule is CC1CCC(C(=O)OC(CC(C)CC(C)(C)C)C2CCCCC2)C(C(=O)O)C1. The maximum absolute atomic E-state index is 13.1. The maximum Gasteiger partial charge on any atom is 0.310 e. The van der Waals surface area contributed by atoms with Gasteiger partial charge in [0.25, 0.3) is 0 Å². The lowest BCUT2D eigenvalue weighted by Crippen LogP contribution is -2.39. The zero-order valence-corrected chi connectivity index (χ0v) is 18.7. The van der Waals surface area contributed by atoms with Crippen LogP contribution < -0.4 is 0 Å². The van der Waals surface area contributed by atoms with E-state index in [0.717, 1.165) is 32.1 Å². The summed E-state index contributed by atoms with van der Waals surface area (Å²) in [4.78, 5) is 24.8. The minimum absolute atomic E-state index is 0.0565. The van der Waals surface area contributed by atoms with Crippen LogP contribution in [0.4, 0.5) is 0 Å². The molecule has 5 atom stereocenters. The Morgan fingerprint density at radius 1 is 1.04 bits per heavy atom. The highest BCUT2D eigenvalue weighted by atomic mass is 16.5. The number of hydrogen-bond donors (Lipinski definition) is 1. The smallest absolute Gasteiger partial charge is 0.310 e. The Hall–Kier alpha value is -1.06. The van der Waals surface area contributed by atoms with E-state index in [1.807, 2.05) is 0 Å². The van der Waals surface area contributed by atoms with Gasteiger partial charge in [0.05, 0.1) is 11.8 Å². The fraction of sp³-hybridized carbons (Fsp3) is 0.917. The minimum Gasteiger partial charge on any atom is -0.481 e. The summed E-state index contributed by atoms with van der Waals surface area (Å²) in [6.07, 6.45) is 10.1. The lowest BCUT2D eigenvalue weighted by molar-refractivity contribution is -0.168. The van der Waals surface area contributed by atoms with E-state index in [4.69, 9.17) is 4.74 Å². The molecule has 5 unspecified atom stereocenters. The predicted molar refractivity (Wildman–Crippen MR) is 112 cm³/mol. The Balaban J connectivity index is 2.07. The molecule has 0 aromatic rings. The van der Waals surface area contributed by atoms with Gasteiger partial charge < -0.3 is 9.84 Å². The summed E-state index contributed by atoms with van der Waals surface area (Å²) in [5, 5.41) is 9.62. The highest BCUT2D eigenvalue weighted by Gasteiger charge is 2.41. The standard InChI is InChI=1S/C24H42O4/c1-16-11-12-19(20(13-16)22(25)26)23(27)28-21(18-9-7-6-8-10-18)14-17(2)15-24(3,4)5/h16-21H,6-15H2,1-5H3,(H,25,26). The quantitative estimate of drug-likeness (QED) is 0.532. The molecule has 0 bridgehead atoms. The molecular formula is C24H42O4. The first-order valence-electron chi connectivity index (χ1n) is 11.5. The van der Waals surface area contributed by atoms with Gasteiger partial charge in [-0.25, -0.2) is 0 Å². The van der Waals surface area contributed by atoms with E-state index in [2.05, 4.69) is 34.6 Å². The van der Waals surface area contributed by atoms with Crippen molar-refractivity contribution in [1.82, 2.24) is 0 Å². The number of carboxylic acid groups (broad SMARTS) is 1. The molecule has 0 aromatic carbocycles. The first kappa shape index (κ1) is 23.2. The number of hydrogen-bond acceptors (Lipinski definition) is 3. The van der Waals surface area contributed by atoms with Crippen LogP contribution in [0.5, 0.6) is 0 Å². The van der Waals surface area contributed by atoms with Crippen LogP contribution in [0.1, 0.15) is 98.8 Å². The van der Waals surface area contributed by atoms with Gasteiger partial charge in [-0.3, -0.25) is 9.59 Å². The van der Waals surface area contributed by atoms with Crippen molar-refractivity contribution in [3.8, 4) is 0 Å². The van der Waals surface area contributed by atoms with Gasteiger partial charge in [0.15, 0.2) is 0 Å². The van der Waals surface area contributed by atoms with Crippen LogP contribution in [-0.4, -0.2) is 23.1 Å². The van der Waals surface area contributed by atoms with Crippen LogP contribution in [-0.2, 0) is 14.3 Å². The molecule has 28 heavy (non-hydrogen) atoms. The number of ether oxygens (including phenoxy) is 1. The Morgan fingerprint density at radius 2 is 1.68 bits per heavy atom. The van der Waals surface area contributed by atoms with Crippen LogP contribution >= 0.6 is 0 Å². The summed E-state index contributed by atoms with van der Waals surface area (Å²) in [5.74, 6) is -0.868. The highest BCUT2D eigenvalue weighted by molar-refractivity contribution is 5.81. The molecule has 1 N–H and O–H groups in total. The molecule has 162 valence electrons. The number of carbonyl (C=O) groups excluding carboxylic acids is 1. The number of carbonyl (C=O) groups is 2. The molecule has 0 amide bonds. The largest absolute Gasteiger partial charge is 0.481 e. The number of aliphatic carboxylic acids is 1. The second-order valence-electron chi connectivity index (χ2n) is 10.9. The number of esters is 1.